The van der Waals surface area contributed by atoms with Crippen molar-refractivity contribution in [1.82, 2.24) is 14.3 Å². The maximum Gasteiger partial charge on any atom is 0.346 e. The third-order valence-electron chi connectivity index (χ3n) is 1.44. The Bertz CT molecular complexity index is 353. The summed E-state index contributed by atoms with van der Waals surface area (Å²) >= 11 is 0. The fourth-order valence-electron chi connectivity index (χ4n) is 0.900. The van der Waals surface area contributed by atoms with Crippen LogP contribution in [0.1, 0.15) is 5.82 Å². The first kappa shape index (κ1) is 7.61. The predicted octanol–water partition coefficient (Wildman–Crippen LogP) is -0.477. The highest BCUT2D eigenvalue weighted by Gasteiger charge is 2.03. The van der Waals surface area contributed by atoms with Crippen LogP contribution in [0.15, 0.2) is 4.79 Å². The van der Waals surface area contributed by atoms with Gasteiger partial charge < -0.3 is 0 Å². The van der Waals surface area contributed by atoms with Crippen LogP contribution >= 0.6 is 0 Å². The molecular formula is C7H9N3O. The van der Waals surface area contributed by atoms with Crippen molar-refractivity contribution >= 4 is 0 Å². The van der Waals surface area contributed by atoms with Gasteiger partial charge in [0.2, 0.25) is 0 Å². The van der Waals surface area contributed by atoms with Crippen LogP contribution < -0.4 is 5.69 Å². The van der Waals surface area contributed by atoms with E-state index in [0.717, 1.165) is 0 Å². The van der Waals surface area contributed by atoms with Crippen LogP contribution in [0.3, 0.4) is 0 Å². The van der Waals surface area contributed by atoms with Gasteiger partial charge in [-0.1, -0.05) is 5.92 Å². The number of hydrogen-bond donors (Lipinski definition) is 0. The Labute approximate surface area is 64.5 Å². The van der Waals surface area contributed by atoms with Crippen LogP contribution in [0.5, 0.6) is 0 Å². The number of aryl methyl sites for hydroxylation is 2. The Kier molecular flexibility index (Phi) is 1.81. The molecule has 0 saturated heterocycles. The molecule has 0 aromatic carbocycles. The van der Waals surface area contributed by atoms with E-state index >= 15 is 0 Å². The molecule has 0 fully saturated rings. The van der Waals surface area contributed by atoms with Crippen LogP contribution in [0, 0.1) is 19.3 Å². The average molecular weight is 151 g/mol. The van der Waals surface area contributed by atoms with Gasteiger partial charge in [-0.15, -0.1) is 6.42 Å². The highest BCUT2D eigenvalue weighted by atomic mass is 16.2. The van der Waals surface area contributed by atoms with Crippen LogP contribution in [0.4, 0.5) is 0 Å². The molecule has 1 aromatic heterocycles. The summed E-state index contributed by atoms with van der Waals surface area (Å²) < 4.78 is 2.71. The predicted molar refractivity (Wildman–Crippen MR) is 41.0 cm³/mol. The van der Waals surface area contributed by atoms with Crippen molar-refractivity contribution in [3.05, 3.63) is 16.3 Å². The first-order valence-corrected chi connectivity index (χ1v) is 3.20. The minimum absolute atomic E-state index is 0.166. The van der Waals surface area contributed by atoms with Crippen molar-refractivity contribution in [3.8, 4) is 12.3 Å². The van der Waals surface area contributed by atoms with E-state index in [1.54, 1.807) is 14.0 Å². The monoisotopic (exact) mass is 151 g/mol. The maximum atomic E-state index is 11.1. The zero-order valence-corrected chi connectivity index (χ0v) is 6.53. The molecule has 0 aliphatic heterocycles. The fourth-order valence-corrected chi connectivity index (χ4v) is 0.900. The van der Waals surface area contributed by atoms with E-state index in [0.29, 0.717) is 12.4 Å². The maximum absolute atomic E-state index is 11.1. The number of hydrogen-bond acceptors (Lipinski definition) is 2. The summed E-state index contributed by atoms with van der Waals surface area (Å²) in [7, 11) is 1.60. The highest BCUT2D eigenvalue weighted by molar-refractivity contribution is 4.91. The van der Waals surface area contributed by atoms with E-state index in [1.165, 1.54) is 9.25 Å². The molecule has 0 bridgehead atoms. The molecule has 0 aliphatic carbocycles. The van der Waals surface area contributed by atoms with Gasteiger partial charge in [0, 0.05) is 7.05 Å². The summed E-state index contributed by atoms with van der Waals surface area (Å²) in [4.78, 5) is 11.1. The van der Waals surface area contributed by atoms with Gasteiger partial charge in [-0.05, 0) is 6.92 Å². The summed E-state index contributed by atoms with van der Waals surface area (Å²) in [6, 6.07) is 0. The van der Waals surface area contributed by atoms with Crippen molar-refractivity contribution < 1.29 is 0 Å². The topological polar surface area (TPSA) is 39.8 Å². The van der Waals surface area contributed by atoms with Crippen molar-refractivity contribution in [1.29, 1.82) is 0 Å². The van der Waals surface area contributed by atoms with Crippen LogP contribution in [0.2, 0.25) is 0 Å². The summed E-state index contributed by atoms with van der Waals surface area (Å²) in [6.07, 6.45) is 5.06. The molecule has 0 saturated carbocycles. The van der Waals surface area contributed by atoms with Gasteiger partial charge in [-0.2, -0.15) is 5.10 Å². The van der Waals surface area contributed by atoms with Crippen LogP contribution in [0.25, 0.3) is 0 Å². The Hall–Kier alpha value is -1.50. The largest absolute Gasteiger partial charge is 0.346 e. The zero-order valence-electron chi connectivity index (χ0n) is 6.53. The number of nitrogens with zero attached hydrogens (tertiary/aromatic N) is 3. The van der Waals surface area contributed by atoms with Crippen molar-refractivity contribution in [2.24, 2.45) is 7.05 Å². The molecule has 58 valence electrons. The molecule has 4 nitrogen and oxygen atoms in total. The summed E-state index contributed by atoms with van der Waals surface area (Å²) in [6.45, 7) is 2.04. The van der Waals surface area contributed by atoms with E-state index in [-0.39, 0.29) is 5.69 Å². The van der Waals surface area contributed by atoms with Gasteiger partial charge in [0.25, 0.3) is 0 Å². The molecule has 0 N–H and O–H groups in total. The Morgan fingerprint density at radius 3 is 2.73 bits per heavy atom. The second kappa shape index (κ2) is 2.62. The first-order valence-electron chi connectivity index (χ1n) is 3.20. The van der Waals surface area contributed by atoms with E-state index in [9.17, 15) is 4.79 Å². The highest BCUT2D eigenvalue weighted by Crippen LogP contribution is 1.86. The number of terminal acetylenes is 1. The second-order valence-electron chi connectivity index (χ2n) is 2.24. The molecule has 11 heavy (non-hydrogen) atoms. The minimum Gasteiger partial charge on any atom is -0.267 e. The molecule has 0 atom stereocenters. The third-order valence-corrected chi connectivity index (χ3v) is 1.44. The Morgan fingerprint density at radius 2 is 2.36 bits per heavy atom. The van der Waals surface area contributed by atoms with Crippen molar-refractivity contribution in [3.63, 3.8) is 0 Å². The van der Waals surface area contributed by atoms with E-state index in [1.807, 2.05) is 0 Å². The molecule has 0 aliphatic rings. The Balaban J connectivity index is 3.26. The van der Waals surface area contributed by atoms with Gasteiger partial charge in [0.1, 0.15) is 5.82 Å². The molecule has 4 heteroatoms. The van der Waals surface area contributed by atoms with E-state index < -0.39 is 0 Å². The molecule has 0 unspecified atom stereocenters. The van der Waals surface area contributed by atoms with E-state index in [2.05, 4.69) is 11.0 Å². The van der Waals surface area contributed by atoms with Gasteiger partial charge in [0.05, 0.1) is 6.54 Å². The van der Waals surface area contributed by atoms with Crippen molar-refractivity contribution in [2.75, 3.05) is 0 Å². The molecule has 1 aromatic rings. The second-order valence-corrected chi connectivity index (χ2v) is 2.24. The fraction of sp³-hybridized carbons (Fsp3) is 0.429. The molecule has 0 radical (unpaired) electrons. The summed E-state index contributed by atoms with van der Waals surface area (Å²) in [5.41, 5.74) is -0.166. The summed E-state index contributed by atoms with van der Waals surface area (Å²) in [5, 5.41) is 3.90. The average Bonchev–Trinajstić information content (AvgIpc) is 2.17. The lowest BCUT2D eigenvalue weighted by atomic mass is 10.6. The Morgan fingerprint density at radius 1 is 1.73 bits per heavy atom. The van der Waals surface area contributed by atoms with Gasteiger partial charge >= 0.3 is 5.69 Å². The minimum atomic E-state index is -0.166. The van der Waals surface area contributed by atoms with Gasteiger partial charge in [-0.25, -0.2) is 9.48 Å². The van der Waals surface area contributed by atoms with Gasteiger partial charge in [0.15, 0.2) is 0 Å². The lowest BCUT2D eigenvalue weighted by molar-refractivity contribution is 0.702. The smallest absolute Gasteiger partial charge is 0.267 e. The quantitative estimate of drug-likeness (QED) is 0.509. The van der Waals surface area contributed by atoms with Crippen LogP contribution in [-0.2, 0) is 13.6 Å². The lowest BCUT2D eigenvalue weighted by Gasteiger charge is -1.92. The normalized spacial score (nSPS) is 9.55. The van der Waals surface area contributed by atoms with Gasteiger partial charge in [-0.3, -0.25) is 4.57 Å². The van der Waals surface area contributed by atoms with Crippen molar-refractivity contribution in [2.45, 2.75) is 13.5 Å². The van der Waals surface area contributed by atoms with Crippen LogP contribution in [-0.4, -0.2) is 14.3 Å². The van der Waals surface area contributed by atoms with E-state index in [4.69, 9.17) is 6.42 Å². The lowest BCUT2D eigenvalue weighted by Crippen LogP contribution is -2.22. The zero-order chi connectivity index (χ0) is 8.43. The SMILES string of the molecule is C#CCn1c(C)nn(C)c1=O. The summed E-state index contributed by atoms with van der Waals surface area (Å²) in [5.74, 6) is 3.04. The molecule has 0 amide bonds. The third kappa shape index (κ3) is 1.17. The molecule has 0 spiro atoms. The molecular weight excluding hydrogens is 142 g/mol. The molecule has 1 heterocycles. The first-order chi connectivity index (χ1) is 5.16. The number of aromatic nitrogens is 3. The standard InChI is InChI=1S/C7H9N3O/c1-4-5-10-6(2)8-9(3)7(10)11/h1H,5H2,2-3H3. The molecule has 1 rings (SSSR count). The number of rotatable bonds is 1.